The van der Waals surface area contributed by atoms with Gasteiger partial charge >= 0.3 is 0 Å². The quantitative estimate of drug-likeness (QED) is 0.834. The Morgan fingerprint density at radius 3 is 2.79 bits per heavy atom. The summed E-state index contributed by atoms with van der Waals surface area (Å²) in [4.78, 5) is 5.84. The lowest BCUT2D eigenvalue weighted by Crippen LogP contribution is -2.13. The van der Waals surface area contributed by atoms with Crippen molar-refractivity contribution in [1.82, 2.24) is 10.3 Å². The molecule has 1 aromatic heterocycles. The molecule has 4 heteroatoms. The number of rotatable bonds is 5. The van der Waals surface area contributed by atoms with E-state index in [0.29, 0.717) is 5.56 Å². The fourth-order valence-corrected chi connectivity index (χ4v) is 2.90. The van der Waals surface area contributed by atoms with E-state index in [1.807, 2.05) is 13.0 Å². The predicted molar refractivity (Wildman–Crippen MR) is 79.0 cm³/mol. The number of aryl methyl sites for hydroxylation is 2. The van der Waals surface area contributed by atoms with E-state index in [-0.39, 0.29) is 5.82 Å². The third kappa shape index (κ3) is 3.39. The highest BCUT2D eigenvalue weighted by Crippen LogP contribution is 2.28. The maximum Gasteiger partial charge on any atom is 0.126 e. The van der Waals surface area contributed by atoms with Gasteiger partial charge in [0.25, 0.3) is 0 Å². The Kier molecular flexibility index (Phi) is 4.66. The van der Waals surface area contributed by atoms with E-state index in [9.17, 15) is 4.39 Å². The van der Waals surface area contributed by atoms with Crippen LogP contribution >= 0.6 is 11.3 Å². The first-order valence-electron chi connectivity index (χ1n) is 6.55. The molecule has 1 heterocycles. The average Bonchev–Trinajstić information content (AvgIpc) is 2.75. The second-order valence-electron chi connectivity index (χ2n) is 4.67. The van der Waals surface area contributed by atoms with Crippen molar-refractivity contribution in [1.29, 1.82) is 0 Å². The topological polar surface area (TPSA) is 24.9 Å². The summed E-state index contributed by atoms with van der Waals surface area (Å²) in [6, 6.07) is 5.16. The fourth-order valence-electron chi connectivity index (χ4n) is 1.87. The van der Waals surface area contributed by atoms with Crippen LogP contribution in [0.1, 0.15) is 29.5 Å². The molecular weight excluding hydrogens is 259 g/mol. The number of aromatic nitrogens is 1. The van der Waals surface area contributed by atoms with Gasteiger partial charge in [-0.25, -0.2) is 9.37 Å². The van der Waals surface area contributed by atoms with E-state index in [2.05, 4.69) is 17.2 Å². The third-order valence-electron chi connectivity index (χ3n) is 3.01. The van der Waals surface area contributed by atoms with E-state index in [4.69, 9.17) is 0 Å². The van der Waals surface area contributed by atoms with Crippen molar-refractivity contribution in [3.05, 3.63) is 40.2 Å². The van der Waals surface area contributed by atoms with Gasteiger partial charge in [-0.05, 0) is 50.6 Å². The highest BCUT2D eigenvalue weighted by atomic mass is 32.1. The molecule has 0 unspecified atom stereocenters. The van der Waals surface area contributed by atoms with Crippen LogP contribution in [0, 0.1) is 19.7 Å². The summed E-state index contributed by atoms with van der Waals surface area (Å²) >= 11 is 1.68. The molecule has 1 N–H and O–H groups in total. The highest BCUT2D eigenvalue weighted by Gasteiger charge is 2.10. The van der Waals surface area contributed by atoms with Crippen molar-refractivity contribution in [2.45, 2.75) is 33.7 Å². The van der Waals surface area contributed by atoms with E-state index in [1.165, 1.54) is 10.9 Å². The Morgan fingerprint density at radius 1 is 1.32 bits per heavy atom. The number of thiazole rings is 1. The molecule has 2 nitrogen and oxygen atoms in total. The predicted octanol–water partition coefficient (Wildman–Crippen LogP) is 4.07. The lowest BCUT2D eigenvalue weighted by molar-refractivity contribution is 0.619. The summed E-state index contributed by atoms with van der Waals surface area (Å²) in [7, 11) is 0. The molecule has 0 radical (unpaired) electrons. The van der Waals surface area contributed by atoms with Gasteiger partial charge in [0.1, 0.15) is 10.8 Å². The Hall–Kier alpha value is -1.26. The second-order valence-corrected chi connectivity index (χ2v) is 5.75. The van der Waals surface area contributed by atoms with E-state index in [0.717, 1.165) is 35.8 Å². The molecule has 0 amide bonds. The standard InChI is InChI=1S/C15H19FN2S/c1-4-7-17-9-14-11(3)18-15(19-14)12-5-6-13(16)10(2)8-12/h5-6,8,17H,4,7,9H2,1-3H3. The van der Waals surface area contributed by atoms with Crippen LogP contribution in [-0.4, -0.2) is 11.5 Å². The summed E-state index contributed by atoms with van der Waals surface area (Å²) in [6.45, 7) is 7.83. The van der Waals surface area contributed by atoms with Crippen molar-refractivity contribution in [2.24, 2.45) is 0 Å². The summed E-state index contributed by atoms with van der Waals surface area (Å²) in [5, 5.41) is 4.35. The van der Waals surface area contributed by atoms with Gasteiger partial charge < -0.3 is 5.32 Å². The van der Waals surface area contributed by atoms with E-state index < -0.39 is 0 Å². The zero-order valence-corrected chi connectivity index (χ0v) is 12.4. The summed E-state index contributed by atoms with van der Waals surface area (Å²) in [5.74, 6) is -0.165. The Morgan fingerprint density at radius 2 is 2.11 bits per heavy atom. The number of hydrogen-bond donors (Lipinski definition) is 1. The fraction of sp³-hybridized carbons (Fsp3) is 0.400. The minimum atomic E-state index is -0.165. The number of nitrogens with one attached hydrogen (secondary N) is 1. The van der Waals surface area contributed by atoms with Gasteiger partial charge in [0.2, 0.25) is 0 Å². The molecule has 0 aliphatic carbocycles. The molecule has 2 rings (SSSR count). The SMILES string of the molecule is CCCNCc1sc(-c2ccc(F)c(C)c2)nc1C. The Labute approximate surface area is 117 Å². The zero-order chi connectivity index (χ0) is 13.8. The van der Waals surface area contributed by atoms with Gasteiger partial charge in [-0.2, -0.15) is 0 Å². The molecule has 0 spiro atoms. The van der Waals surface area contributed by atoms with Crippen molar-refractivity contribution in [3.63, 3.8) is 0 Å². The lowest BCUT2D eigenvalue weighted by Gasteiger charge is -2.00. The molecule has 0 aliphatic rings. The van der Waals surface area contributed by atoms with Crippen molar-refractivity contribution >= 4 is 11.3 Å². The summed E-state index contributed by atoms with van der Waals surface area (Å²) in [5.41, 5.74) is 2.72. The molecule has 0 atom stereocenters. The average molecular weight is 278 g/mol. The Bertz CT molecular complexity index is 563. The van der Waals surface area contributed by atoms with Gasteiger partial charge in [-0.3, -0.25) is 0 Å². The Balaban J connectivity index is 2.21. The molecule has 1 aromatic carbocycles. The van der Waals surface area contributed by atoms with Gasteiger partial charge in [-0.15, -0.1) is 11.3 Å². The van der Waals surface area contributed by atoms with Crippen molar-refractivity contribution in [2.75, 3.05) is 6.54 Å². The van der Waals surface area contributed by atoms with Crippen LogP contribution < -0.4 is 5.32 Å². The normalized spacial score (nSPS) is 10.9. The third-order valence-corrected chi connectivity index (χ3v) is 4.22. The van der Waals surface area contributed by atoms with Crippen molar-refractivity contribution in [3.8, 4) is 10.6 Å². The van der Waals surface area contributed by atoms with Crippen LogP contribution in [0.15, 0.2) is 18.2 Å². The first-order valence-corrected chi connectivity index (χ1v) is 7.37. The molecule has 0 saturated carbocycles. The van der Waals surface area contributed by atoms with Crippen LogP contribution in [0.2, 0.25) is 0 Å². The summed E-state index contributed by atoms with van der Waals surface area (Å²) in [6.07, 6.45) is 1.13. The van der Waals surface area contributed by atoms with Crippen LogP contribution in [-0.2, 0) is 6.54 Å². The number of hydrogen-bond acceptors (Lipinski definition) is 3. The number of halogens is 1. The largest absolute Gasteiger partial charge is 0.312 e. The maximum absolute atomic E-state index is 13.3. The zero-order valence-electron chi connectivity index (χ0n) is 11.6. The van der Waals surface area contributed by atoms with E-state index >= 15 is 0 Å². The van der Waals surface area contributed by atoms with Gasteiger partial charge in [0.05, 0.1) is 5.69 Å². The van der Waals surface area contributed by atoms with Crippen LogP contribution in [0.4, 0.5) is 4.39 Å². The minimum Gasteiger partial charge on any atom is -0.312 e. The monoisotopic (exact) mass is 278 g/mol. The van der Waals surface area contributed by atoms with Gasteiger partial charge in [-0.1, -0.05) is 6.92 Å². The molecule has 2 aromatic rings. The minimum absolute atomic E-state index is 0.165. The van der Waals surface area contributed by atoms with Crippen LogP contribution in [0.5, 0.6) is 0 Å². The maximum atomic E-state index is 13.3. The first kappa shape index (κ1) is 14.2. The van der Waals surface area contributed by atoms with E-state index in [1.54, 1.807) is 24.3 Å². The molecule has 0 bridgehead atoms. The van der Waals surface area contributed by atoms with Gasteiger partial charge in [0.15, 0.2) is 0 Å². The number of nitrogens with zero attached hydrogens (tertiary/aromatic N) is 1. The molecule has 0 fully saturated rings. The summed E-state index contributed by atoms with van der Waals surface area (Å²) < 4.78 is 13.3. The van der Waals surface area contributed by atoms with Crippen molar-refractivity contribution < 1.29 is 4.39 Å². The van der Waals surface area contributed by atoms with Gasteiger partial charge in [0, 0.05) is 17.0 Å². The molecule has 0 aliphatic heterocycles. The lowest BCUT2D eigenvalue weighted by atomic mass is 10.1. The number of benzene rings is 1. The first-order chi connectivity index (χ1) is 9.11. The molecular formula is C15H19FN2S. The molecule has 102 valence electrons. The smallest absolute Gasteiger partial charge is 0.126 e. The molecule has 19 heavy (non-hydrogen) atoms. The highest BCUT2D eigenvalue weighted by molar-refractivity contribution is 7.15. The second kappa shape index (κ2) is 6.26. The van der Waals surface area contributed by atoms with Crippen LogP contribution in [0.25, 0.3) is 10.6 Å². The molecule has 0 saturated heterocycles. The van der Waals surface area contributed by atoms with Crippen LogP contribution in [0.3, 0.4) is 0 Å².